The van der Waals surface area contributed by atoms with Gasteiger partial charge in [0.25, 0.3) is 0 Å². The Hall–Kier alpha value is -1.75. The summed E-state index contributed by atoms with van der Waals surface area (Å²) >= 11 is 0. The molecule has 262 valence electrons. The lowest BCUT2D eigenvalue weighted by Gasteiger charge is -2.25. The first-order chi connectivity index (χ1) is 21.8. The van der Waals surface area contributed by atoms with Crippen LogP contribution in [0.25, 0.3) is 0 Å². The largest absolute Gasteiger partial charge is 0.389 e. The van der Waals surface area contributed by atoms with Gasteiger partial charge in [0.15, 0.2) is 6.54 Å². The number of carbonyl (C=O) groups is 3. The van der Waals surface area contributed by atoms with Gasteiger partial charge in [-0.1, -0.05) is 141 Å². The molecule has 0 rings (SSSR count). The second-order valence-electron chi connectivity index (χ2n) is 13.8. The molecule has 5 heteroatoms. The van der Waals surface area contributed by atoms with E-state index >= 15 is 0 Å². The fourth-order valence-corrected chi connectivity index (χ4v) is 5.61. The van der Waals surface area contributed by atoms with E-state index in [1.54, 1.807) is 14.1 Å². The fraction of sp³-hybridized carbons (Fsp3) is 0.825. The van der Waals surface area contributed by atoms with E-state index in [9.17, 15) is 14.4 Å². The van der Waals surface area contributed by atoms with Crippen molar-refractivity contribution in [2.45, 2.75) is 194 Å². The highest BCUT2D eigenvalue weighted by Gasteiger charge is 2.30. The molecule has 0 unspecified atom stereocenters. The zero-order chi connectivity index (χ0) is 33.3. The number of carbonyl (C=O) groups excluding carboxylic acids is 3. The zero-order valence-electron chi connectivity index (χ0n) is 30.4. The summed E-state index contributed by atoms with van der Waals surface area (Å²) < 4.78 is 4.96. The minimum Gasteiger partial charge on any atom is -0.389 e. The number of hydrogen-bond acceptors (Lipinski definition) is 4. The summed E-state index contributed by atoms with van der Waals surface area (Å²) in [6, 6.07) is 0. The van der Waals surface area contributed by atoms with E-state index in [4.69, 9.17) is 4.74 Å². The number of unbranched alkanes of at least 4 members (excludes halogenated alkanes) is 22. The highest BCUT2D eigenvalue weighted by Crippen LogP contribution is 2.13. The zero-order valence-corrected chi connectivity index (χ0v) is 30.4. The van der Waals surface area contributed by atoms with Gasteiger partial charge >= 0.3 is 17.8 Å². The summed E-state index contributed by atoms with van der Waals surface area (Å²) in [7, 11) is 3.46. The molecule has 0 aliphatic carbocycles. The topological polar surface area (TPSA) is 60.4 Å². The summed E-state index contributed by atoms with van der Waals surface area (Å²) in [6.07, 6.45) is 41.5. The SMILES string of the molecule is CCCCCCCCC=CCCCCCCCC(=O)OC(=O)C[N+](C)(C)C(=O)CCCCCCCC=CCCCCCCCC. The average molecular weight is 633 g/mol. The van der Waals surface area contributed by atoms with Gasteiger partial charge in [-0.05, 0) is 64.2 Å². The number of quaternary nitrogens is 1. The Morgan fingerprint density at radius 2 is 0.778 bits per heavy atom. The molecular formula is C40H74NO4+. The molecule has 0 radical (unpaired) electrons. The molecule has 0 N–H and O–H groups in total. The second-order valence-corrected chi connectivity index (χ2v) is 13.8. The number of amides is 1. The molecule has 0 fully saturated rings. The van der Waals surface area contributed by atoms with Gasteiger partial charge in [0.05, 0.1) is 20.5 Å². The minimum absolute atomic E-state index is 0.0225. The number of esters is 2. The van der Waals surface area contributed by atoms with Crippen LogP contribution in [0.2, 0.25) is 0 Å². The quantitative estimate of drug-likeness (QED) is 0.0243. The highest BCUT2D eigenvalue weighted by molar-refractivity contribution is 5.86. The Kier molecular flexibility index (Phi) is 30.9. The molecule has 5 nitrogen and oxygen atoms in total. The molecular weight excluding hydrogens is 558 g/mol. The van der Waals surface area contributed by atoms with Crippen LogP contribution in [0.1, 0.15) is 194 Å². The second kappa shape index (κ2) is 32.2. The maximum Gasteiger partial charge on any atom is 0.369 e. The van der Waals surface area contributed by atoms with Crippen molar-refractivity contribution in [3.63, 3.8) is 0 Å². The Morgan fingerprint density at radius 3 is 1.18 bits per heavy atom. The first kappa shape index (κ1) is 43.2. The number of hydrogen-bond donors (Lipinski definition) is 0. The van der Waals surface area contributed by atoms with E-state index in [0.29, 0.717) is 6.42 Å². The molecule has 0 bridgehead atoms. The van der Waals surface area contributed by atoms with E-state index < -0.39 is 11.9 Å². The van der Waals surface area contributed by atoms with Gasteiger partial charge in [0.2, 0.25) is 0 Å². The van der Waals surface area contributed by atoms with Crippen LogP contribution in [0.5, 0.6) is 0 Å². The summed E-state index contributed by atoms with van der Waals surface area (Å²) in [4.78, 5) is 37.2. The fourth-order valence-electron chi connectivity index (χ4n) is 5.61. The van der Waals surface area contributed by atoms with Gasteiger partial charge in [-0.3, -0.25) is 9.28 Å². The lowest BCUT2D eigenvalue weighted by Crippen LogP contribution is -2.49. The van der Waals surface area contributed by atoms with Crippen molar-refractivity contribution >= 4 is 17.8 Å². The number of likely N-dealkylation sites (N-methyl/N-ethyl adjacent to an activating group) is 1. The van der Waals surface area contributed by atoms with E-state index in [0.717, 1.165) is 51.4 Å². The molecule has 0 saturated heterocycles. The third kappa shape index (κ3) is 30.7. The Balaban J connectivity index is 3.73. The predicted octanol–water partition coefficient (Wildman–Crippen LogP) is 11.7. The van der Waals surface area contributed by atoms with E-state index in [2.05, 4.69) is 38.2 Å². The average Bonchev–Trinajstić information content (AvgIpc) is 3.00. The molecule has 0 aliphatic rings. The standard InChI is InChI=1S/C40H74NO4/c1-5-7-9-11-13-15-17-19-21-23-25-27-29-31-33-35-38(42)41(3,4)37-40(44)45-39(43)36-34-32-30-28-26-24-22-20-18-16-14-12-10-8-6-2/h19-22H,5-18,23-37H2,1-4H3/q+1. The molecule has 0 aliphatic heterocycles. The van der Waals surface area contributed by atoms with Crippen LogP contribution in [0.15, 0.2) is 24.3 Å². The van der Waals surface area contributed by atoms with Crippen LogP contribution in [-0.4, -0.2) is 43.0 Å². The van der Waals surface area contributed by atoms with Crippen molar-refractivity contribution < 1.29 is 23.6 Å². The molecule has 0 atom stereocenters. The van der Waals surface area contributed by atoms with Gasteiger partial charge in [0.1, 0.15) is 0 Å². The van der Waals surface area contributed by atoms with Crippen molar-refractivity contribution in [2.75, 3.05) is 20.6 Å². The Morgan fingerprint density at radius 1 is 0.444 bits per heavy atom. The molecule has 0 spiro atoms. The molecule has 0 aromatic heterocycles. The van der Waals surface area contributed by atoms with Crippen LogP contribution in [0.4, 0.5) is 0 Å². The third-order valence-corrected chi connectivity index (χ3v) is 8.72. The van der Waals surface area contributed by atoms with Crippen molar-refractivity contribution in [2.24, 2.45) is 0 Å². The molecule has 0 saturated carbocycles. The molecule has 0 aromatic rings. The maximum absolute atomic E-state index is 12.7. The molecule has 0 aromatic carbocycles. The lowest BCUT2D eigenvalue weighted by atomic mass is 10.1. The van der Waals surface area contributed by atoms with Crippen LogP contribution in [0.3, 0.4) is 0 Å². The van der Waals surface area contributed by atoms with E-state index in [1.807, 2.05) is 0 Å². The monoisotopic (exact) mass is 633 g/mol. The van der Waals surface area contributed by atoms with Gasteiger partial charge in [-0.15, -0.1) is 0 Å². The molecule has 45 heavy (non-hydrogen) atoms. The van der Waals surface area contributed by atoms with Crippen molar-refractivity contribution in [3.05, 3.63) is 24.3 Å². The number of rotatable bonds is 32. The Labute approximate surface area is 279 Å². The highest BCUT2D eigenvalue weighted by atomic mass is 16.6. The van der Waals surface area contributed by atoms with E-state index in [1.165, 1.54) is 116 Å². The Bertz CT molecular complexity index is 770. The van der Waals surface area contributed by atoms with Crippen molar-refractivity contribution in [1.82, 2.24) is 0 Å². The van der Waals surface area contributed by atoms with Crippen molar-refractivity contribution in [3.8, 4) is 0 Å². The molecule has 0 heterocycles. The van der Waals surface area contributed by atoms with Crippen LogP contribution in [-0.2, 0) is 19.1 Å². The van der Waals surface area contributed by atoms with Gasteiger partial charge in [0, 0.05) is 6.42 Å². The summed E-state index contributed by atoms with van der Waals surface area (Å²) in [5.74, 6) is -1.05. The number of nitrogens with zero attached hydrogens (tertiary/aromatic N) is 1. The van der Waals surface area contributed by atoms with Gasteiger partial charge in [-0.2, -0.15) is 0 Å². The molecule has 1 amide bonds. The third-order valence-electron chi connectivity index (χ3n) is 8.72. The van der Waals surface area contributed by atoms with Crippen molar-refractivity contribution in [1.29, 1.82) is 0 Å². The first-order valence-electron chi connectivity index (χ1n) is 19.2. The summed E-state index contributed by atoms with van der Waals surface area (Å²) in [6.45, 7) is 4.42. The van der Waals surface area contributed by atoms with E-state index in [-0.39, 0.29) is 23.4 Å². The normalized spacial score (nSPS) is 12.0. The predicted molar refractivity (Wildman–Crippen MR) is 192 cm³/mol. The first-order valence-corrected chi connectivity index (χ1v) is 19.2. The smallest absolute Gasteiger partial charge is 0.369 e. The van der Waals surface area contributed by atoms with Gasteiger partial charge < -0.3 is 4.74 Å². The minimum atomic E-state index is -0.601. The van der Waals surface area contributed by atoms with Gasteiger partial charge in [-0.25, -0.2) is 9.59 Å². The summed E-state index contributed by atoms with van der Waals surface area (Å²) in [5, 5.41) is 0. The van der Waals surface area contributed by atoms with Crippen LogP contribution in [0, 0.1) is 0 Å². The van der Waals surface area contributed by atoms with Crippen LogP contribution < -0.4 is 0 Å². The number of allylic oxidation sites excluding steroid dienone is 4. The number of ether oxygens (including phenoxy) is 1. The lowest BCUT2D eigenvalue weighted by molar-refractivity contribution is -0.806. The van der Waals surface area contributed by atoms with Crippen LogP contribution >= 0.6 is 0 Å². The summed E-state index contributed by atoms with van der Waals surface area (Å²) in [5.41, 5.74) is 0. The maximum atomic E-state index is 12.7.